The predicted molar refractivity (Wildman–Crippen MR) is 107 cm³/mol. The van der Waals surface area contributed by atoms with Crippen molar-refractivity contribution in [1.29, 1.82) is 0 Å². The molecule has 0 aliphatic carbocycles. The molecule has 1 saturated heterocycles. The Labute approximate surface area is 172 Å². The van der Waals surface area contributed by atoms with Crippen LogP contribution in [0.2, 0.25) is 0 Å². The van der Waals surface area contributed by atoms with Crippen LogP contribution in [0.3, 0.4) is 0 Å². The second kappa shape index (κ2) is 8.27. The van der Waals surface area contributed by atoms with Gasteiger partial charge in [-0.05, 0) is 25.1 Å². The molecule has 4 rings (SSSR count). The molecule has 10 heteroatoms. The van der Waals surface area contributed by atoms with Crippen LogP contribution in [-0.4, -0.2) is 54.9 Å². The molecule has 0 unspecified atom stereocenters. The Morgan fingerprint density at radius 1 is 1.17 bits per heavy atom. The van der Waals surface area contributed by atoms with Crippen LogP contribution in [0.15, 0.2) is 48.8 Å². The van der Waals surface area contributed by atoms with E-state index >= 15 is 0 Å². The van der Waals surface area contributed by atoms with E-state index in [1.807, 2.05) is 0 Å². The van der Waals surface area contributed by atoms with Crippen LogP contribution in [0, 0.1) is 17.0 Å². The molecule has 1 aromatic carbocycles. The number of hydrogen-bond acceptors (Lipinski definition) is 7. The molecule has 3 heterocycles. The Morgan fingerprint density at radius 2 is 1.97 bits per heavy atom. The molecule has 1 amide bonds. The highest BCUT2D eigenvalue weighted by Gasteiger charge is 2.27. The minimum absolute atomic E-state index is 0.0452. The fourth-order valence-corrected chi connectivity index (χ4v) is 3.47. The summed E-state index contributed by atoms with van der Waals surface area (Å²) in [7, 11) is 0. The van der Waals surface area contributed by atoms with Crippen molar-refractivity contribution in [1.82, 2.24) is 24.9 Å². The lowest BCUT2D eigenvalue weighted by molar-refractivity contribution is -0.385. The van der Waals surface area contributed by atoms with Crippen LogP contribution in [0.25, 0.3) is 5.82 Å². The van der Waals surface area contributed by atoms with Gasteiger partial charge in [0.05, 0.1) is 4.92 Å². The van der Waals surface area contributed by atoms with Crippen LogP contribution in [-0.2, 0) is 0 Å². The first-order chi connectivity index (χ1) is 14.5. The molecule has 1 aliphatic heterocycles. The largest absolute Gasteiger partial charge is 0.473 e. The third-order valence-corrected chi connectivity index (χ3v) is 5.11. The number of likely N-dealkylation sites (tertiary alicyclic amines) is 1. The number of rotatable bonds is 5. The van der Waals surface area contributed by atoms with E-state index in [1.54, 1.807) is 59.2 Å². The zero-order chi connectivity index (χ0) is 21.1. The zero-order valence-electron chi connectivity index (χ0n) is 16.3. The van der Waals surface area contributed by atoms with E-state index in [0.717, 1.165) is 0 Å². The minimum Gasteiger partial charge on any atom is -0.473 e. The van der Waals surface area contributed by atoms with Gasteiger partial charge in [-0.15, -0.1) is 10.2 Å². The quantitative estimate of drug-likeness (QED) is 0.470. The summed E-state index contributed by atoms with van der Waals surface area (Å²) in [6.45, 7) is 2.61. The highest BCUT2D eigenvalue weighted by atomic mass is 16.6. The molecule has 2 aromatic heterocycles. The van der Waals surface area contributed by atoms with Crippen molar-refractivity contribution in [2.45, 2.75) is 25.9 Å². The van der Waals surface area contributed by atoms with Crippen molar-refractivity contribution >= 4 is 11.6 Å². The van der Waals surface area contributed by atoms with E-state index in [-0.39, 0.29) is 17.7 Å². The molecular formula is C20H20N6O4. The van der Waals surface area contributed by atoms with Gasteiger partial charge in [0, 0.05) is 61.6 Å². The summed E-state index contributed by atoms with van der Waals surface area (Å²) >= 11 is 0. The van der Waals surface area contributed by atoms with Crippen molar-refractivity contribution in [3.05, 3.63) is 70.0 Å². The minimum atomic E-state index is -0.467. The van der Waals surface area contributed by atoms with Gasteiger partial charge in [0.15, 0.2) is 5.82 Å². The molecule has 30 heavy (non-hydrogen) atoms. The summed E-state index contributed by atoms with van der Waals surface area (Å²) in [6, 6.07) is 9.90. The standard InChI is InChI=1S/C20H20N6O4/c1-14-16(4-2-5-17(14)26(28)29)20(27)24-12-8-15(9-13-24)30-19-7-6-18(22-23-19)25-11-3-10-21-25/h2-7,10-11,15H,8-9,12-13H2,1H3. The second-order valence-electron chi connectivity index (χ2n) is 7.00. The average molecular weight is 408 g/mol. The molecule has 0 saturated carbocycles. The summed E-state index contributed by atoms with van der Waals surface area (Å²) in [4.78, 5) is 25.2. The van der Waals surface area contributed by atoms with E-state index in [2.05, 4.69) is 15.3 Å². The molecule has 0 radical (unpaired) electrons. The molecule has 10 nitrogen and oxygen atoms in total. The Bertz CT molecular complexity index is 1040. The zero-order valence-corrected chi connectivity index (χ0v) is 16.3. The lowest BCUT2D eigenvalue weighted by atomic mass is 10.0. The molecule has 0 bridgehead atoms. The predicted octanol–water partition coefficient (Wildman–Crippen LogP) is 2.56. The molecule has 1 fully saturated rings. The van der Waals surface area contributed by atoms with Gasteiger partial charge in [-0.2, -0.15) is 5.10 Å². The fraction of sp³-hybridized carbons (Fsp3) is 0.300. The van der Waals surface area contributed by atoms with Gasteiger partial charge in [0.25, 0.3) is 11.6 Å². The van der Waals surface area contributed by atoms with Crippen molar-refractivity contribution in [2.24, 2.45) is 0 Å². The number of hydrogen-bond donors (Lipinski definition) is 0. The van der Waals surface area contributed by atoms with Gasteiger partial charge >= 0.3 is 0 Å². The first kappa shape index (κ1) is 19.5. The first-order valence-electron chi connectivity index (χ1n) is 9.56. The molecule has 154 valence electrons. The molecule has 0 N–H and O–H groups in total. The van der Waals surface area contributed by atoms with Crippen molar-refractivity contribution in [3.8, 4) is 11.7 Å². The normalized spacial score (nSPS) is 14.5. The van der Waals surface area contributed by atoms with E-state index in [0.29, 0.717) is 48.8 Å². The van der Waals surface area contributed by atoms with Crippen molar-refractivity contribution < 1.29 is 14.5 Å². The van der Waals surface area contributed by atoms with Gasteiger partial charge < -0.3 is 9.64 Å². The second-order valence-corrected chi connectivity index (χ2v) is 7.00. The third-order valence-electron chi connectivity index (χ3n) is 5.11. The Balaban J connectivity index is 1.35. The number of nitro groups is 1. The van der Waals surface area contributed by atoms with Crippen molar-refractivity contribution in [2.75, 3.05) is 13.1 Å². The van der Waals surface area contributed by atoms with Gasteiger partial charge in [0.2, 0.25) is 5.88 Å². The summed E-state index contributed by atoms with van der Waals surface area (Å²) in [5, 5.41) is 23.4. The van der Waals surface area contributed by atoms with E-state index in [9.17, 15) is 14.9 Å². The molecule has 1 aliphatic rings. The van der Waals surface area contributed by atoms with Gasteiger partial charge in [-0.3, -0.25) is 14.9 Å². The maximum absolute atomic E-state index is 12.8. The number of benzene rings is 1. The highest BCUT2D eigenvalue weighted by molar-refractivity contribution is 5.96. The van der Waals surface area contributed by atoms with Crippen LogP contribution in [0.1, 0.15) is 28.8 Å². The summed E-state index contributed by atoms with van der Waals surface area (Å²) < 4.78 is 7.51. The topological polar surface area (TPSA) is 116 Å². The Morgan fingerprint density at radius 3 is 2.60 bits per heavy atom. The van der Waals surface area contributed by atoms with Crippen LogP contribution in [0.4, 0.5) is 5.69 Å². The third kappa shape index (κ3) is 3.97. The molecular weight excluding hydrogens is 388 g/mol. The maximum Gasteiger partial charge on any atom is 0.273 e. The number of carbonyl (C=O) groups excluding carboxylic acids is 1. The summed E-state index contributed by atoms with van der Waals surface area (Å²) in [5.41, 5.74) is 0.707. The number of aromatic nitrogens is 4. The van der Waals surface area contributed by atoms with Gasteiger partial charge in [-0.1, -0.05) is 6.07 Å². The number of nitrogens with zero attached hydrogens (tertiary/aromatic N) is 6. The van der Waals surface area contributed by atoms with Crippen LogP contribution < -0.4 is 4.74 Å². The van der Waals surface area contributed by atoms with Crippen LogP contribution >= 0.6 is 0 Å². The smallest absolute Gasteiger partial charge is 0.273 e. The Kier molecular flexibility index (Phi) is 5.38. The SMILES string of the molecule is Cc1c(C(=O)N2CCC(Oc3ccc(-n4cccn4)nn3)CC2)cccc1[N+](=O)[O-]. The lowest BCUT2D eigenvalue weighted by Gasteiger charge is -2.32. The van der Waals surface area contributed by atoms with Crippen LogP contribution in [0.5, 0.6) is 5.88 Å². The number of carbonyl (C=O) groups is 1. The van der Waals surface area contributed by atoms with E-state index < -0.39 is 4.92 Å². The first-order valence-corrected chi connectivity index (χ1v) is 9.56. The number of amides is 1. The van der Waals surface area contributed by atoms with E-state index in [1.165, 1.54) is 6.07 Å². The fourth-order valence-electron chi connectivity index (χ4n) is 3.47. The molecule has 0 spiro atoms. The number of ether oxygens (including phenoxy) is 1. The Hall–Kier alpha value is -3.82. The van der Waals surface area contributed by atoms with E-state index in [4.69, 9.17) is 4.74 Å². The average Bonchev–Trinajstić information content (AvgIpc) is 3.29. The number of nitro benzene ring substituents is 1. The summed E-state index contributed by atoms with van der Waals surface area (Å²) in [5.74, 6) is 0.823. The van der Waals surface area contributed by atoms with Gasteiger partial charge in [0.1, 0.15) is 6.10 Å². The molecule has 3 aromatic rings. The monoisotopic (exact) mass is 408 g/mol. The number of piperidine rings is 1. The molecule has 0 atom stereocenters. The van der Waals surface area contributed by atoms with Crippen molar-refractivity contribution in [3.63, 3.8) is 0 Å². The summed E-state index contributed by atoms with van der Waals surface area (Å²) in [6.07, 6.45) is 4.64. The highest BCUT2D eigenvalue weighted by Crippen LogP contribution is 2.24. The maximum atomic E-state index is 12.8. The lowest BCUT2D eigenvalue weighted by Crippen LogP contribution is -2.42. The van der Waals surface area contributed by atoms with Gasteiger partial charge in [-0.25, -0.2) is 4.68 Å².